The van der Waals surface area contributed by atoms with Gasteiger partial charge in [-0.05, 0) is 30.7 Å². The van der Waals surface area contributed by atoms with Crippen LogP contribution in [0.15, 0.2) is 53.4 Å². The maximum atomic E-state index is 12.5. The van der Waals surface area contributed by atoms with E-state index in [9.17, 15) is 8.42 Å². The molecule has 1 atom stereocenters. The highest BCUT2D eigenvalue weighted by atomic mass is 35.5. The Morgan fingerprint density at radius 1 is 1.10 bits per heavy atom. The van der Waals surface area contributed by atoms with Gasteiger partial charge in [-0.15, -0.1) is 0 Å². The summed E-state index contributed by atoms with van der Waals surface area (Å²) in [5, 5.41) is 0.521. The number of rotatable bonds is 5. The topological polar surface area (TPSA) is 55.4 Å². The first-order valence-corrected chi connectivity index (χ1v) is 8.21. The minimum atomic E-state index is -3.70. The number of methoxy groups -OCH3 is 1. The predicted octanol–water partition coefficient (Wildman–Crippen LogP) is 3.39. The van der Waals surface area contributed by atoms with Crippen LogP contribution in [0.4, 0.5) is 0 Å². The molecule has 6 heteroatoms. The van der Waals surface area contributed by atoms with Crippen molar-refractivity contribution >= 4 is 21.6 Å². The molecule has 0 saturated carbocycles. The number of halogens is 1. The molecular formula is C15H16ClNO3S. The molecule has 0 aliphatic carbocycles. The van der Waals surface area contributed by atoms with Crippen molar-refractivity contribution in [2.45, 2.75) is 17.9 Å². The first-order valence-electron chi connectivity index (χ1n) is 6.35. The molecule has 0 amide bonds. The number of sulfonamides is 1. The Bertz CT molecular complexity index is 731. The van der Waals surface area contributed by atoms with E-state index in [1.54, 1.807) is 43.3 Å². The van der Waals surface area contributed by atoms with Gasteiger partial charge in [-0.1, -0.05) is 41.9 Å². The van der Waals surface area contributed by atoms with Crippen molar-refractivity contribution in [3.8, 4) is 5.75 Å². The number of para-hydroxylation sites is 1. The summed E-state index contributed by atoms with van der Waals surface area (Å²) in [5.41, 5.74) is 0.720. The van der Waals surface area contributed by atoms with E-state index in [4.69, 9.17) is 16.3 Å². The Morgan fingerprint density at radius 2 is 1.71 bits per heavy atom. The largest absolute Gasteiger partial charge is 0.495 e. The average molecular weight is 326 g/mol. The van der Waals surface area contributed by atoms with Crippen LogP contribution in [0.3, 0.4) is 0 Å². The second-order valence-corrected chi connectivity index (χ2v) is 6.60. The summed E-state index contributed by atoms with van der Waals surface area (Å²) in [7, 11) is -2.26. The van der Waals surface area contributed by atoms with Crippen molar-refractivity contribution in [1.82, 2.24) is 4.72 Å². The SMILES string of the molecule is COc1ccccc1S(=O)(=O)NC(C)c1ccccc1Cl. The van der Waals surface area contributed by atoms with Crippen molar-refractivity contribution < 1.29 is 13.2 Å². The van der Waals surface area contributed by atoms with Crippen LogP contribution in [-0.2, 0) is 10.0 Å². The van der Waals surface area contributed by atoms with Crippen molar-refractivity contribution in [3.05, 3.63) is 59.1 Å². The lowest BCUT2D eigenvalue weighted by molar-refractivity contribution is 0.402. The Hall–Kier alpha value is -1.56. The van der Waals surface area contributed by atoms with Gasteiger partial charge in [-0.25, -0.2) is 13.1 Å². The monoisotopic (exact) mass is 325 g/mol. The minimum Gasteiger partial charge on any atom is -0.495 e. The average Bonchev–Trinajstić information content (AvgIpc) is 2.47. The fourth-order valence-electron chi connectivity index (χ4n) is 2.03. The molecule has 1 unspecified atom stereocenters. The Kier molecular flexibility index (Phi) is 4.88. The maximum absolute atomic E-state index is 12.5. The Balaban J connectivity index is 2.32. The number of nitrogens with one attached hydrogen (secondary N) is 1. The van der Waals surface area contributed by atoms with Crippen LogP contribution < -0.4 is 9.46 Å². The number of benzene rings is 2. The molecule has 1 N–H and O–H groups in total. The molecule has 2 aromatic carbocycles. The molecule has 0 aliphatic heterocycles. The van der Waals surface area contributed by atoms with E-state index in [1.165, 1.54) is 13.2 Å². The molecule has 0 spiro atoms. The zero-order chi connectivity index (χ0) is 15.5. The number of ether oxygens (including phenoxy) is 1. The van der Waals surface area contributed by atoms with E-state index in [1.807, 2.05) is 6.07 Å². The summed E-state index contributed by atoms with van der Waals surface area (Å²) in [6.07, 6.45) is 0. The lowest BCUT2D eigenvalue weighted by Gasteiger charge is -2.17. The van der Waals surface area contributed by atoms with Gasteiger partial charge in [0.05, 0.1) is 7.11 Å². The van der Waals surface area contributed by atoms with Crippen molar-refractivity contribution in [2.75, 3.05) is 7.11 Å². The van der Waals surface area contributed by atoms with Crippen molar-refractivity contribution in [2.24, 2.45) is 0 Å². The zero-order valence-electron chi connectivity index (χ0n) is 11.7. The van der Waals surface area contributed by atoms with Crippen LogP contribution in [0.5, 0.6) is 5.75 Å². The lowest BCUT2D eigenvalue weighted by Crippen LogP contribution is -2.27. The third-order valence-corrected chi connectivity index (χ3v) is 4.99. The molecule has 0 bridgehead atoms. The summed E-state index contributed by atoms with van der Waals surface area (Å²) in [6, 6.07) is 13.2. The second kappa shape index (κ2) is 6.47. The van der Waals surface area contributed by atoms with Gasteiger partial charge in [-0.2, -0.15) is 0 Å². The summed E-state index contributed by atoms with van der Waals surface area (Å²) < 4.78 is 32.7. The fraction of sp³-hybridized carbons (Fsp3) is 0.200. The van der Waals surface area contributed by atoms with E-state index in [0.717, 1.165) is 5.56 Å². The van der Waals surface area contributed by atoms with Gasteiger partial charge in [0, 0.05) is 11.1 Å². The first kappa shape index (κ1) is 15.8. The van der Waals surface area contributed by atoms with Crippen molar-refractivity contribution in [3.63, 3.8) is 0 Å². The van der Waals surface area contributed by atoms with Gasteiger partial charge >= 0.3 is 0 Å². The molecule has 0 aromatic heterocycles. The lowest BCUT2D eigenvalue weighted by atomic mass is 10.1. The highest BCUT2D eigenvalue weighted by molar-refractivity contribution is 7.89. The molecule has 112 valence electrons. The van der Waals surface area contributed by atoms with Gasteiger partial charge in [0.1, 0.15) is 10.6 Å². The Labute approximate surface area is 129 Å². The van der Waals surface area contributed by atoms with Crippen LogP contribution in [0.25, 0.3) is 0 Å². The molecular weight excluding hydrogens is 310 g/mol. The van der Waals surface area contributed by atoms with Crippen LogP contribution in [-0.4, -0.2) is 15.5 Å². The quantitative estimate of drug-likeness (QED) is 0.916. The third kappa shape index (κ3) is 3.56. The number of hydrogen-bond acceptors (Lipinski definition) is 3. The summed E-state index contributed by atoms with van der Waals surface area (Å²) >= 11 is 6.09. The molecule has 0 aliphatic rings. The predicted molar refractivity (Wildman–Crippen MR) is 83.2 cm³/mol. The van der Waals surface area contributed by atoms with Crippen LogP contribution in [0.1, 0.15) is 18.5 Å². The van der Waals surface area contributed by atoms with Gasteiger partial charge in [0.25, 0.3) is 0 Å². The highest BCUT2D eigenvalue weighted by Crippen LogP contribution is 2.27. The van der Waals surface area contributed by atoms with Gasteiger partial charge < -0.3 is 4.74 Å². The molecule has 2 rings (SSSR count). The molecule has 2 aromatic rings. The smallest absolute Gasteiger partial charge is 0.244 e. The van der Waals surface area contributed by atoms with Gasteiger partial charge in [-0.3, -0.25) is 0 Å². The normalized spacial score (nSPS) is 12.9. The summed E-state index contributed by atoms with van der Waals surface area (Å²) in [4.78, 5) is 0.103. The third-order valence-electron chi connectivity index (χ3n) is 3.06. The van der Waals surface area contributed by atoms with Gasteiger partial charge in [0.2, 0.25) is 10.0 Å². The fourth-order valence-corrected chi connectivity index (χ4v) is 3.72. The van der Waals surface area contributed by atoms with Crippen LogP contribution >= 0.6 is 11.6 Å². The molecule has 0 saturated heterocycles. The van der Waals surface area contributed by atoms with Crippen molar-refractivity contribution in [1.29, 1.82) is 0 Å². The van der Waals surface area contributed by atoms with E-state index in [2.05, 4.69) is 4.72 Å². The summed E-state index contributed by atoms with van der Waals surface area (Å²) in [6.45, 7) is 1.74. The Morgan fingerprint density at radius 3 is 2.38 bits per heavy atom. The maximum Gasteiger partial charge on any atom is 0.244 e. The molecule has 0 fully saturated rings. The van der Waals surface area contributed by atoms with Gasteiger partial charge in [0.15, 0.2) is 0 Å². The van der Waals surface area contributed by atoms with Crippen LogP contribution in [0, 0.1) is 0 Å². The molecule has 0 heterocycles. The molecule has 0 radical (unpaired) electrons. The van der Waals surface area contributed by atoms with E-state index in [0.29, 0.717) is 10.8 Å². The van der Waals surface area contributed by atoms with E-state index >= 15 is 0 Å². The highest BCUT2D eigenvalue weighted by Gasteiger charge is 2.22. The van der Waals surface area contributed by atoms with E-state index < -0.39 is 16.1 Å². The van der Waals surface area contributed by atoms with E-state index in [-0.39, 0.29) is 4.90 Å². The number of hydrogen-bond donors (Lipinski definition) is 1. The minimum absolute atomic E-state index is 0.103. The zero-order valence-corrected chi connectivity index (χ0v) is 13.3. The molecule has 4 nitrogen and oxygen atoms in total. The molecule has 21 heavy (non-hydrogen) atoms. The first-order chi connectivity index (χ1) is 9.95. The summed E-state index contributed by atoms with van der Waals surface area (Å²) in [5.74, 6) is 0.302. The standard InChI is InChI=1S/C15H16ClNO3S/c1-11(12-7-3-4-8-13(12)16)17-21(18,19)15-10-6-5-9-14(15)20-2/h3-11,17H,1-2H3. The second-order valence-electron chi connectivity index (χ2n) is 4.52. The van der Waals surface area contributed by atoms with Crippen LogP contribution in [0.2, 0.25) is 5.02 Å².